The smallest absolute Gasteiger partial charge is 0.233 e. The van der Waals surface area contributed by atoms with Crippen molar-refractivity contribution in [3.05, 3.63) is 24.3 Å². The maximum absolute atomic E-state index is 12.0. The van der Waals surface area contributed by atoms with Gasteiger partial charge in [-0.3, -0.25) is 4.79 Å². The largest absolute Gasteiger partial charge is 0.497 e. The van der Waals surface area contributed by atoms with Crippen molar-refractivity contribution >= 4 is 17.7 Å². The van der Waals surface area contributed by atoms with Gasteiger partial charge in [0.05, 0.1) is 18.5 Å². The number of nitrogens with one attached hydrogen (secondary N) is 1. The molecular formula is C15H21NO3S. The zero-order valence-electron chi connectivity index (χ0n) is 11.9. The van der Waals surface area contributed by atoms with Crippen LogP contribution in [-0.2, 0) is 9.53 Å². The minimum Gasteiger partial charge on any atom is -0.497 e. The van der Waals surface area contributed by atoms with Crippen molar-refractivity contribution in [2.45, 2.75) is 36.0 Å². The lowest BCUT2D eigenvalue weighted by Gasteiger charge is -2.15. The Hall–Kier alpha value is -1.20. The zero-order chi connectivity index (χ0) is 14.4. The van der Waals surface area contributed by atoms with Crippen molar-refractivity contribution in [2.75, 3.05) is 20.3 Å². The van der Waals surface area contributed by atoms with Crippen LogP contribution in [0.5, 0.6) is 5.75 Å². The van der Waals surface area contributed by atoms with Gasteiger partial charge in [0, 0.05) is 18.0 Å². The van der Waals surface area contributed by atoms with Crippen molar-refractivity contribution in [1.29, 1.82) is 0 Å². The van der Waals surface area contributed by atoms with E-state index in [4.69, 9.17) is 9.47 Å². The number of hydrogen-bond donors (Lipinski definition) is 1. The quantitative estimate of drug-likeness (QED) is 0.819. The highest BCUT2D eigenvalue weighted by molar-refractivity contribution is 8.00. The number of carbonyl (C=O) groups excluding carboxylic acids is 1. The molecule has 4 nitrogen and oxygen atoms in total. The van der Waals surface area contributed by atoms with Crippen molar-refractivity contribution in [3.8, 4) is 5.75 Å². The summed E-state index contributed by atoms with van der Waals surface area (Å²) >= 11 is 1.53. The number of methoxy groups -OCH3 is 1. The fourth-order valence-electron chi connectivity index (χ4n) is 2.10. The first kappa shape index (κ1) is 15.2. The van der Waals surface area contributed by atoms with E-state index < -0.39 is 0 Å². The molecule has 110 valence electrons. The first-order chi connectivity index (χ1) is 9.69. The van der Waals surface area contributed by atoms with Gasteiger partial charge >= 0.3 is 0 Å². The SMILES string of the molecule is COc1cccc(S[C@@H](C)C(=O)NC[C@H]2CCCO2)c1. The molecule has 20 heavy (non-hydrogen) atoms. The van der Waals surface area contributed by atoms with Gasteiger partial charge in [-0.05, 0) is 38.0 Å². The third kappa shape index (κ3) is 4.42. The van der Waals surface area contributed by atoms with Gasteiger partial charge in [0.25, 0.3) is 0 Å². The van der Waals surface area contributed by atoms with Crippen LogP contribution in [0.25, 0.3) is 0 Å². The molecule has 0 unspecified atom stereocenters. The lowest BCUT2D eigenvalue weighted by atomic mass is 10.2. The normalized spacial score (nSPS) is 19.6. The van der Waals surface area contributed by atoms with E-state index in [1.165, 1.54) is 11.8 Å². The highest BCUT2D eigenvalue weighted by Crippen LogP contribution is 2.26. The maximum atomic E-state index is 12.0. The lowest BCUT2D eigenvalue weighted by Crippen LogP contribution is -2.36. The van der Waals surface area contributed by atoms with Crippen LogP contribution < -0.4 is 10.1 Å². The highest BCUT2D eigenvalue weighted by Gasteiger charge is 2.19. The average Bonchev–Trinajstić information content (AvgIpc) is 2.98. The van der Waals surface area contributed by atoms with Crippen LogP contribution in [0.3, 0.4) is 0 Å². The van der Waals surface area contributed by atoms with Gasteiger partial charge in [0.1, 0.15) is 5.75 Å². The molecule has 2 rings (SSSR count). The summed E-state index contributed by atoms with van der Waals surface area (Å²) in [6.45, 7) is 3.34. The van der Waals surface area contributed by atoms with Gasteiger partial charge in [-0.15, -0.1) is 11.8 Å². The third-order valence-electron chi connectivity index (χ3n) is 3.25. The first-order valence-corrected chi connectivity index (χ1v) is 7.77. The summed E-state index contributed by atoms with van der Waals surface area (Å²) in [6, 6.07) is 7.75. The lowest BCUT2D eigenvalue weighted by molar-refractivity contribution is -0.120. The average molecular weight is 295 g/mol. The van der Waals surface area contributed by atoms with Crippen LogP contribution in [0, 0.1) is 0 Å². The van der Waals surface area contributed by atoms with Crippen molar-refractivity contribution < 1.29 is 14.3 Å². The van der Waals surface area contributed by atoms with E-state index in [-0.39, 0.29) is 17.3 Å². The number of thioether (sulfide) groups is 1. The Morgan fingerprint density at radius 2 is 2.45 bits per heavy atom. The molecule has 1 heterocycles. The second kappa shape index (κ2) is 7.55. The number of amides is 1. The van der Waals surface area contributed by atoms with Gasteiger partial charge in [-0.25, -0.2) is 0 Å². The van der Waals surface area contributed by atoms with Gasteiger partial charge in [-0.1, -0.05) is 6.07 Å². The zero-order valence-corrected chi connectivity index (χ0v) is 12.7. The fourth-order valence-corrected chi connectivity index (χ4v) is 3.04. The Kier molecular flexibility index (Phi) is 5.73. The molecule has 1 aromatic carbocycles. The molecule has 0 saturated carbocycles. The molecule has 2 atom stereocenters. The van der Waals surface area contributed by atoms with Crippen LogP contribution in [0.15, 0.2) is 29.2 Å². The van der Waals surface area contributed by atoms with E-state index in [1.54, 1.807) is 7.11 Å². The number of rotatable bonds is 6. The molecule has 1 N–H and O–H groups in total. The standard InChI is InChI=1S/C15H21NO3S/c1-11(15(17)16-10-13-6-4-8-19-13)20-14-7-3-5-12(9-14)18-2/h3,5,7,9,11,13H,4,6,8,10H2,1-2H3,(H,16,17)/t11-,13+/m0/s1. The van der Waals surface area contributed by atoms with Crippen molar-refractivity contribution in [1.82, 2.24) is 5.32 Å². The Labute approximate surface area is 124 Å². The molecular weight excluding hydrogens is 274 g/mol. The molecule has 5 heteroatoms. The summed E-state index contributed by atoms with van der Waals surface area (Å²) in [7, 11) is 1.64. The summed E-state index contributed by atoms with van der Waals surface area (Å²) in [5.41, 5.74) is 0. The predicted octanol–water partition coefficient (Wildman–Crippen LogP) is 2.47. The second-order valence-electron chi connectivity index (χ2n) is 4.82. The molecule has 1 aliphatic rings. The van der Waals surface area contributed by atoms with Crippen LogP contribution in [0.2, 0.25) is 0 Å². The van der Waals surface area contributed by atoms with Crippen LogP contribution >= 0.6 is 11.8 Å². The second-order valence-corrected chi connectivity index (χ2v) is 6.23. The van der Waals surface area contributed by atoms with E-state index in [9.17, 15) is 4.79 Å². The predicted molar refractivity (Wildman–Crippen MR) is 80.3 cm³/mol. The van der Waals surface area contributed by atoms with Gasteiger partial charge in [0.2, 0.25) is 5.91 Å². The maximum Gasteiger partial charge on any atom is 0.233 e. The first-order valence-electron chi connectivity index (χ1n) is 6.89. The van der Waals surface area contributed by atoms with Crippen molar-refractivity contribution in [2.24, 2.45) is 0 Å². The summed E-state index contributed by atoms with van der Waals surface area (Å²) in [4.78, 5) is 13.1. The minimum absolute atomic E-state index is 0.0494. The van der Waals surface area contributed by atoms with E-state index in [0.717, 1.165) is 30.1 Å². The molecule has 0 radical (unpaired) electrons. The monoisotopic (exact) mass is 295 g/mol. The fraction of sp³-hybridized carbons (Fsp3) is 0.533. The Morgan fingerprint density at radius 1 is 1.60 bits per heavy atom. The molecule has 0 aromatic heterocycles. The van der Waals surface area contributed by atoms with E-state index in [0.29, 0.717) is 6.54 Å². The van der Waals surface area contributed by atoms with E-state index in [1.807, 2.05) is 31.2 Å². The van der Waals surface area contributed by atoms with E-state index in [2.05, 4.69) is 5.32 Å². The summed E-state index contributed by atoms with van der Waals surface area (Å²) in [6.07, 6.45) is 2.32. The molecule has 1 aromatic rings. The van der Waals surface area contributed by atoms with Gasteiger partial charge in [-0.2, -0.15) is 0 Å². The summed E-state index contributed by atoms with van der Waals surface area (Å²) < 4.78 is 10.7. The van der Waals surface area contributed by atoms with Gasteiger partial charge < -0.3 is 14.8 Å². The Morgan fingerprint density at radius 3 is 3.15 bits per heavy atom. The van der Waals surface area contributed by atoms with Gasteiger partial charge in [0.15, 0.2) is 0 Å². The molecule has 1 saturated heterocycles. The molecule has 1 fully saturated rings. The van der Waals surface area contributed by atoms with Crippen LogP contribution in [-0.4, -0.2) is 37.5 Å². The molecule has 0 spiro atoms. The number of benzene rings is 1. The van der Waals surface area contributed by atoms with E-state index >= 15 is 0 Å². The molecule has 1 aliphatic heterocycles. The highest BCUT2D eigenvalue weighted by atomic mass is 32.2. The molecule has 1 amide bonds. The number of hydrogen-bond acceptors (Lipinski definition) is 4. The number of ether oxygens (including phenoxy) is 2. The third-order valence-corrected chi connectivity index (χ3v) is 4.34. The van der Waals surface area contributed by atoms with Crippen LogP contribution in [0.4, 0.5) is 0 Å². The Bertz CT molecular complexity index is 446. The summed E-state index contributed by atoms with van der Waals surface area (Å²) in [5, 5.41) is 2.82. The molecule has 0 aliphatic carbocycles. The molecule has 0 bridgehead atoms. The van der Waals surface area contributed by atoms with Crippen LogP contribution in [0.1, 0.15) is 19.8 Å². The topological polar surface area (TPSA) is 47.6 Å². The Balaban J connectivity index is 1.80. The summed E-state index contributed by atoms with van der Waals surface area (Å²) in [5.74, 6) is 0.857. The minimum atomic E-state index is -0.136. The van der Waals surface area contributed by atoms with Crippen molar-refractivity contribution in [3.63, 3.8) is 0 Å². The number of carbonyl (C=O) groups is 1.